The number of piperidine rings is 1. The number of hydrogen-bond donors (Lipinski definition) is 1. The summed E-state index contributed by atoms with van der Waals surface area (Å²) in [6, 6.07) is 2.20. The molecule has 90 valence electrons. The molecular weight excluding hydrogens is 200 g/mol. The number of nitrogens with zero attached hydrogens (tertiary/aromatic N) is 2. The van der Waals surface area contributed by atoms with E-state index in [1.54, 1.807) is 0 Å². The first-order chi connectivity index (χ1) is 7.74. The van der Waals surface area contributed by atoms with Crippen LogP contribution in [0.3, 0.4) is 0 Å². The highest BCUT2D eigenvalue weighted by Gasteiger charge is 2.42. The van der Waals surface area contributed by atoms with Gasteiger partial charge in [0, 0.05) is 25.4 Å². The van der Waals surface area contributed by atoms with Crippen molar-refractivity contribution in [2.45, 2.75) is 50.5 Å². The minimum absolute atomic E-state index is 0.357. The van der Waals surface area contributed by atoms with Gasteiger partial charge in [0.1, 0.15) is 0 Å². The Bertz CT molecular complexity index is 274. The van der Waals surface area contributed by atoms with E-state index >= 15 is 0 Å². The molecule has 3 heteroatoms. The van der Waals surface area contributed by atoms with Crippen LogP contribution in [0.25, 0.3) is 0 Å². The summed E-state index contributed by atoms with van der Waals surface area (Å²) in [5.74, 6) is 0.483. The van der Waals surface area contributed by atoms with Gasteiger partial charge in [0.25, 0.3) is 0 Å². The van der Waals surface area contributed by atoms with Crippen LogP contribution in [0.4, 0.5) is 0 Å². The number of nitriles is 1. The summed E-state index contributed by atoms with van der Waals surface area (Å²) in [5, 5.41) is 19.0. The molecule has 1 heterocycles. The number of rotatable bonds is 3. The predicted octanol–water partition coefficient (Wildman–Crippen LogP) is 1.92. The first kappa shape index (κ1) is 11.9. The third-order valence-electron chi connectivity index (χ3n) is 4.27. The summed E-state index contributed by atoms with van der Waals surface area (Å²) in [6.07, 6.45) is 7.23. The SMILES string of the molecule is N#CCCCN1CCC2(O)CCCCC2C1. The maximum absolute atomic E-state index is 10.5. The Morgan fingerprint density at radius 3 is 3.06 bits per heavy atom. The molecule has 1 aliphatic carbocycles. The number of unbranched alkanes of at least 4 members (excludes halogenated alkanes) is 1. The lowest BCUT2D eigenvalue weighted by molar-refractivity contribution is -0.0952. The van der Waals surface area contributed by atoms with Crippen LogP contribution in [-0.4, -0.2) is 35.2 Å². The first-order valence-corrected chi connectivity index (χ1v) is 6.56. The molecule has 1 saturated heterocycles. The standard InChI is InChI=1S/C13H22N2O/c14-8-3-4-9-15-10-7-13(16)6-2-1-5-12(13)11-15/h12,16H,1-7,9-11H2. The van der Waals surface area contributed by atoms with E-state index in [-0.39, 0.29) is 5.60 Å². The zero-order valence-corrected chi connectivity index (χ0v) is 9.99. The molecule has 0 aromatic carbocycles. The molecule has 16 heavy (non-hydrogen) atoms. The molecule has 2 fully saturated rings. The van der Waals surface area contributed by atoms with Crippen molar-refractivity contribution < 1.29 is 5.11 Å². The lowest BCUT2D eigenvalue weighted by atomic mass is 9.71. The second-order valence-corrected chi connectivity index (χ2v) is 5.36. The van der Waals surface area contributed by atoms with Crippen molar-refractivity contribution in [2.24, 2.45) is 5.92 Å². The topological polar surface area (TPSA) is 47.3 Å². The minimum Gasteiger partial charge on any atom is -0.390 e. The highest BCUT2D eigenvalue weighted by molar-refractivity contribution is 4.95. The van der Waals surface area contributed by atoms with Crippen LogP contribution in [0.2, 0.25) is 0 Å². The summed E-state index contributed by atoms with van der Waals surface area (Å²) >= 11 is 0. The summed E-state index contributed by atoms with van der Waals surface area (Å²) in [5.41, 5.74) is -0.357. The average Bonchev–Trinajstić information content (AvgIpc) is 2.29. The van der Waals surface area contributed by atoms with Gasteiger partial charge in [0.2, 0.25) is 0 Å². The fourth-order valence-electron chi connectivity index (χ4n) is 3.22. The van der Waals surface area contributed by atoms with Gasteiger partial charge in [-0.25, -0.2) is 0 Å². The number of fused-ring (bicyclic) bond motifs is 1. The largest absolute Gasteiger partial charge is 0.390 e. The van der Waals surface area contributed by atoms with Crippen LogP contribution in [-0.2, 0) is 0 Å². The van der Waals surface area contributed by atoms with Crippen LogP contribution in [0.5, 0.6) is 0 Å². The number of likely N-dealkylation sites (tertiary alicyclic amines) is 1. The van der Waals surface area contributed by atoms with Gasteiger partial charge in [-0.1, -0.05) is 12.8 Å². The van der Waals surface area contributed by atoms with E-state index in [1.807, 2.05) is 0 Å². The summed E-state index contributed by atoms with van der Waals surface area (Å²) in [6.45, 7) is 3.08. The zero-order chi connectivity index (χ0) is 11.4. The van der Waals surface area contributed by atoms with Crippen LogP contribution in [0.1, 0.15) is 44.9 Å². The van der Waals surface area contributed by atoms with Crippen molar-refractivity contribution >= 4 is 0 Å². The molecule has 0 spiro atoms. The second-order valence-electron chi connectivity index (χ2n) is 5.36. The molecule has 0 aromatic rings. The van der Waals surface area contributed by atoms with Gasteiger partial charge in [0.05, 0.1) is 11.7 Å². The molecule has 1 saturated carbocycles. The van der Waals surface area contributed by atoms with Crippen molar-refractivity contribution in [1.29, 1.82) is 5.26 Å². The Morgan fingerprint density at radius 2 is 2.25 bits per heavy atom. The van der Waals surface area contributed by atoms with Gasteiger partial charge in [-0.05, 0) is 32.2 Å². The third kappa shape index (κ3) is 2.56. The quantitative estimate of drug-likeness (QED) is 0.742. The molecule has 1 aliphatic heterocycles. The molecule has 0 amide bonds. The third-order valence-corrected chi connectivity index (χ3v) is 4.27. The highest BCUT2D eigenvalue weighted by Crippen LogP contribution is 2.39. The van der Waals surface area contributed by atoms with E-state index in [1.165, 1.54) is 19.3 Å². The Labute approximate surface area is 98.1 Å². The summed E-state index contributed by atoms with van der Waals surface area (Å²) in [4.78, 5) is 2.43. The monoisotopic (exact) mass is 222 g/mol. The normalized spacial score (nSPS) is 35.4. The van der Waals surface area contributed by atoms with Crippen LogP contribution >= 0.6 is 0 Å². The first-order valence-electron chi connectivity index (χ1n) is 6.56. The van der Waals surface area contributed by atoms with Crippen molar-refractivity contribution in [3.05, 3.63) is 0 Å². The van der Waals surface area contributed by atoms with Gasteiger partial charge in [-0.15, -0.1) is 0 Å². The Kier molecular flexibility index (Phi) is 3.83. The highest BCUT2D eigenvalue weighted by atomic mass is 16.3. The van der Waals surface area contributed by atoms with E-state index in [4.69, 9.17) is 5.26 Å². The lowest BCUT2D eigenvalue weighted by Gasteiger charge is -2.47. The van der Waals surface area contributed by atoms with E-state index in [0.29, 0.717) is 12.3 Å². The van der Waals surface area contributed by atoms with E-state index in [2.05, 4.69) is 11.0 Å². The molecule has 3 nitrogen and oxygen atoms in total. The molecule has 2 rings (SSSR count). The van der Waals surface area contributed by atoms with Crippen molar-refractivity contribution in [2.75, 3.05) is 19.6 Å². The fourth-order valence-corrected chi connectivity index (χ4v) is 3.22. The number of hydrogen-bond acceptors (Lipinski definition) is 3. The molecule has 0 radical (unpaired) electrons. The van der Waals surface area contributed by atoms with Gasteiger partial charge in [-0.3, -0.25) is 0 Å². The molecule has 2 aliphatic rings. The molecule has 2 atom stereocenters. The van der Waals surface area contributed by atoms with Gasteiger partial charge >= 0.3 is 0 Å². The predicted molar refractivity (Wildman–Crippen MR) is 62.8 cm³/mol. The number of aliphatic hydroxyl groups is 1. The van der Waals surface area contributed by atoms with Crippen molar-refractivity contribution in [3.63, 3.8) is 0 Å². The van der Waals surface area contributed by atoms with Gasteiger partial charge in [0.15, 0.2) is 0 Å². The van der Waals surface area contributed by atoms with Crippen molar-refractivity contribution in [1.82, 2.24) is 4.90 Å². The van der Waals surface area contributed by atoms with Gasteiger partial charge < -0.3 is 10.0 Å². The average molecular weight is 222 g/mol. The van der Waals surface area contributed by atoms with E-state index in [0.717, 1.165) is 38.9 Å². The summed E-state index contributed by atoms with van der Waals surface area (Å²) in [7, 11) is 0. The van der Waals surface area contributed by atoms with Crippen molar-refractivity contribution in [3.8, 4) is 6.07 Å². The second kappa shape index (κ2) is 5.16. The van der Waals surface area contributed by atoms with Crippen LogP contribution in [0, 0.1) is 17.2 Å². The van der Waals surface area contributed by atoms with Crippen LogP contribution < -0.4 is 0 Å². The molecule has 0 aromatic heterocycles. The Morgan fingerprint density at radius 1 is 1.38 bits per heavy atom. The molecule has 0 bridgehead atoms. The maximum atomic E-state index is 10.5. The molecular formula is C13H22N2O. The van der Waals surface area contributed by atoms with Crippen LogP contribution in [0.15, 0.2) is 0 Å². The van der Waals surface area contributed by atoms with Gasteiger partial charge in [-0.2, -0.15) is 5.26 Å². The lowest BCUT2D eigenvalue weighted by Crippen LogP contribution is -2.53. The minimum atomic E-state index is -0.357. The van der Waals surface area contributed by atoms with E-state index in [9.17, 15) is 5.11 Å². The maximum Gasteiger partial charge on any atom is 0.0700 e. The van der Waals surface area contributed by atoms with E-state index < -0.39 is 0 Å². The fraction of sp³-hybridized carbons (Fsp3) is 0.923. The molecule has 1 N–H and O–H groups in total. The Hall–Kier alpha value is -0.590. The summed E-state index contributed by atoms with van der Waals surface area (Å²) < 4.78 is 0. The molecule has 2 unspecified atom stereocenters. The Balaban J connectivity index is 1.83. The smallest absolute Gasteiger partial charge is 0.0700 e. The zero-order valence-electron chi connectivity index (χ0n) is 9.99.